The lowest BCUT2D eigenvalue weighted by molar-refractivity contribution is 0.436. The third-order valence-electron chi connectivity index (χ3n) is 4.07. The molecule has 1 aliphatic rings. The molecule has 122 valence electrons. The standard InChI is InChI=1S/C21H17N3O/c25-21-9-3-1-2-7-17(21)20-14-19(23-15-10-12-22-13-11-15)16-6-4-5-8-18(16)24-20/h1-2,4-14,25H,3H2,(H,22,23,24). The Bertz CT molecular complexity index is 1000. The van der Waals surface area contributed by atoms with Gasteiger partial charge in [0.05, 0.1) is 16.9 Å². The molecule has 4 nitrogen and oxygen atoms in total. The summed E-state index contributed by atoms with van der Waals surface area (Å²) in [6, 6.07) is 13.8. The topological polar surface area (TPSA) is 58.0 Å². The van der Waals surface area contributed by atoms with Crippen molar-refractivity contribution in [3.63, 3.8) is 0 Å². The first-order valence-electron chi connectivity index (χ1n) is 8.15. The van der Waals surface area contributed by atoms with Gasteiger partial charge in [0, 0.05) is 29.0 Å². The highest BCUT2D eigenvalue weighted by Gasteiger charge is 2.13. The van der Waals surface area contributed by atoms with E-state index in [0.717, 1.165) is 33.5 Å². The molecule has 0 aliphatic heterocycles. The van der Waals surface area contributed by atoms with Crippen molar-refractivity contribution in [1.82, 2.24) is 9.97 Å². The van der Waals surface area contributed by atoms with E-state index in [1.165, 1.54) is 0 Å². The number of aliphatic hydroxyl groups is 1. The lowest BCUT2D eigenvalue weighted by Crippen LogP contribution is -1.98. The zero-order valence-electron chi connectivity index (χ0n) is 13.6. The van der Waals surface area contributed by atoms with Crippen molar-refractivity contribution in [2.75, 3.05) is 5.32 Å². The van der Waals surface area contributed by atoms with Crippen LogP contribution in [0, 0.1) is 0 Å². The summed E-state index contributed by atoms with van der Waals surface area (Å²) in [4.78, 5) is 8.79. The van der Waals surface area contributed by atoms with E-state index in [0.29, 0.717) is 6.42 Å². The highest BCUT2D eigenvalue weighted by molar-refractivity contribution is 5.95. The largest absolute Gasteiger partial charge is 0.508 e. The second kappa shape index (κ2) is 6.61. The molecule has 1 aromatic carbocycles. The molecule has 0 unspecified atom stereocenters. The van der Waals surface area contributed by atoms with Crippen LogP contribution >= 0.6 is 0 Å². The summed E-state index contributed by atoms with van der Waals surface area (Å²) in [7, 11) is 0. The van der Waals surface area contributed by atoms with E-state index in [1.54, 1.807) is 18.5 Å². The number of hydrogen-bond donors (Lipinski definition) is 2. The van der Waals surface area contributed by atoms with Gasteiger partial charge >= 0.3 is 0 Å². The van der Waals surface area contributed by atoms with E-state index in [-0.39, 0.29) is 5.76 Å². The second-order valence-electron chi connectivity index (χ2n) is 5.77. The Morgan fingerprint density at radius 1 is 1.04 bits per heavy atom. The van der Waals surface area contributed by atoms with Gasteiger partial charge in [-0.1, -0.05) is 30.4 Å². The zero-order chi connectivity index (χ0) is 17.1. The number of fused-ring (bicyclic) bond motifs is 1. The monoisotopic (exact) mass is 327 g/mol. The van der Waals surface area contributed by atoms with Gasteiger partial charge in [-0.25, -0.2) is 4.98 Å². The fraction of sp³-hybridized carbons (Fsp3) is 0.0476. The summed E-state index contributed by atoms with van der Waals surface area (Å²) in [6.07, 6.45) is 11.8. The number of anilines is 2. The van der Waals surface area contributed by atoms with E-state index >= 15 is 0 Å². The first-order chi connectivity index (χ1) is 12.3. The molecule has 4 rings (SSSR count). The van der Waals surface area contributed by atoms with Gasteiger partial charge in [0.2, 0.25) is 0 Å². The van der Waals surface area contributed by atoms with Crippen LogP contribution in [-0.4, -0.2) is 15.1 Å². The maximum atomic E-state index is 10.3. The third kappa shape index (κ3) is 3.15. The number of nitrogens with zero attached hydrogens (tertiary/aromatic N) is 2. The van der Waals surface area contributed by atoms with Crippen LogP contribution < -0.4 is 5.32 Å². The van der Waals surface area contributed by atoms with Crippen molar-refractivity contribution in [3.8, 4) is 0 Å². The number of benzene rings is 1. The highest BCUT2D eigenvalue weighted by atomic mass is 16.3. The van der Waals surface area contributed by atoms with Gasteiger partial charge in [-0.05, 0) is 42.8 Å². The Kier molecular flexibility index (Phi) is 4.01. The summed E-state index contributed by atoms with van der Waals surface area (Å²) in [5, 5.41) is 14.8. The number of aliphatic hydroxyl groups excluding tert-OH is 1. The van der Waals surface area contributed by atoms with E-state index in [9.17, 15) is 5.11 Å². The van der Waals surface area contributed by atoms with Crippen molar-refractivity contribution in [1.29, 1.82) is 0 Å². The van der Waals surface area contributed by atoms with Crippen LogP contribution in [0.2, 0.25) is 0 Å². The fourth-order valence-electron chi connectivity index (χ4n) is 2.84. The quantitative estimate of drug-likeness (QED) is 0.698. The van der Waals surface area contributed by atoms with Crippen LogP contribution in [0.4, 0.5) is 11.4 Å². The zero-order valence-corrected chi connectivity index (χ0v) is 13.6. The third-order valence-corrected chi connectivity index (χ3v) is 4.07. The maximum absolute atomic E-state index is 10.3. The summed E-state index contributed by atoms with van der Waals surface area (Å²) < 4.78 is 0. The summed E-state index contributed by atoms with van der Waals surface area (Å²) in [5.41, 5.74) is 4.21. The molecular formula is C21H17N3O. The molecule has 2 N–H and O–H groups in total. The molecule has 0 saturated carbocycles. The molecule has 4 heteroatoms. The van der Waals surface area contributed by atoms with Gasteiger partial charge in [-0.2, -0.15) is 0 Å². The normalized spacial score (nSPS) is 13.9. The van der Waals surface area contributed by atoms with Gasteiger partial charge in [-0.15, -0.1) is 0 Å². The molecular weight excluding hydrogens is 310 g/mol. The first-order valence-corrected chi connectivity index (χ1v) is 8.15. The predicted octanol–water partition coefficient (Wildman–Crippen LogP) is 5.16. The fourth-order valence-corrected chi connectivity index (χ4v) is 2.84. The molecule has 0 fully saturated rings. The second-order valence-corrected chi connectivity index (χ2v) is 5.77. The Balaban J connectivity index is 1.87. The number of pyridine rings is 2. The number of nitrogens with one attached hydrogen (secondary N) is 1. The molecule has 2 aromatic heterocycles. The highest BCUT2D eigenvalue weighted by Crippen LogP contribution is 2.31. The van der Waals surface area contributed by atoms with Crippen LogP contribution in [0.25, 0.3) is 16.5 Å². The SMILES string of the molecule is OC1=CCC=CC=C1c1cc(Nc2ccncc2)c2ccccc2n1. The van der Waals surface area contributed by atoms with Crippen LogP contribution in [0.5, 0.6) is 0 Å². The van der Waals surface area contributed by atoms with Crippen LogP contribution in [-0.2, 0) is 0 Å². The Labute approximate surface area is 145 Å². The Morgan fingerprint density at radius 2 is 1.88 bits per heavy atom. The van der Waals surface area contributed by atoms with Gasteiger partial charge in [0.25, 0.3) is 0 Å². The van der Waals surface area contributed by atoms with Crippen molar-refractivity contribution >= 4 is 27.9 Å². The van der Waals surface area contributed by atoms with Crippen LogP contribution in [0.1, 0.15) is 12.1 Å². The van der Waals surface area contributed by atoms with Gasteiger partial charge in [0.1, 0.15) is 5.76 Å². The molecule has 0 radical (unpaired) electrons. The number of allylic oxidation sites excluding steroid dienone is 5. The minimum Gasteiger partial charge on any atom is -0.508 e. The predicted molar refractivity (Wildman–Crippen MR) is 102 cm³/mol. The smallest absolute Gasteiger partial charge is 0.121 e. The summed E-state index contributed by atoms with van der Waals surface area (Å²) in [6.45, 7) is 0. The maximum Gasteiger partial charge on any atom is 0.121 e. The van der Waals surface area contributed by atoms with E-state index in [2.05, 4.69) is 10.3 Å². The molecule has 0 amide bonds. The number of aromatic nitrogens is 2. The van der Waals surface area contributed by atoms with Crippen molar-refractivity contribution in [3.05, 3.63) is 90.6 Å². The minimum absolute atomic E-state index is 0.252. The van der Waals surface area contributed by atoms with E-state index in [4.69, 9.17) is 4.98 Å². The van der Waals surface area contributed by atoms with Gasteiger partial charge in [-0.3, -0.25) is 4.98 Å². The van der Waals surface area contributed by atoms with Crippen molar-refractivity contribution < 1.29 is 5.11 Å². The number of rotatable bonds is 3. The lowest BCUT2D eigenvalue weighted by Gasteiger charge is -2.13. The first kappa shape index (κ1) is 15.1. The Hall–Kier alpha value is -3.40. The summed E-state index contributed by atoms with van der Waals surface area (Å²) in [5.74, 6) is 0.252. The molecule has 0 spiro atoms. The molecule has 0 bridgehead atoms. The van der Waals surface area contributed by atoms with E-state index in [1.807, 2.05) is 60.7 Å². The number of hydrogen-bond acceptors (Lipinski definition) is 4. The summed E-state index contributed by atoms with van der Waals surface area (Å²) >= 11 is 0. The average molecular weight is 327 g/mol. The average Bonchev–Trinajstić information content (AvgIpc) is 2.87. The molecule has 0 saturated heterocycles. The van der Waals surface area contributed by atoms with Crippen molar-refractivity contribution in [2.45, 2.75) is 6.42 Å². The molecule has 0 atom stereocenters. The lowest BCUT2D eigenvalue weighted by atomic mass is 10.1. The van der Waals surface area contributed by atoms with Gasteiger partial charge in [0.15, 0.2) is 0 Å². The van der Waals surface area contributed by atoms with Gasteiger partial charge < -0.3 is 10.4 Å². The molecule has 25 heavy (non-hydrogen) atoms. The van der Waals surface area contributed by atoms with Crippen LogP contribution in [0.15, 0.2) is 84.9 Å². The molecule has 2 heterocycles. The minimum atomic E-state index is 0.252. The van der Waals surface area contributed by atoms with E-state index < -0.39 is 0 Å². The Morgan fingerprint density at radius 3 is 2.76 bits per heavy atom. The molecule has 1 aliphatic carbocycles. The number of para-hydroxylation sites is 1. The van der Waals surface area contributed by atoms with Crippen LogP contribution in [0.3, 0.4) is 0 Å². The van der Waals surface area contributed by atoms with Crippen molar-refractivity contribution in [2.24, 2.45) is 0 Å². The molecule has 3 aromatic rings.